The molecule has 3 atom stereocenters. The molecule has 7 heteroatoms. The molecule has 2 amide bonds. The van der Waals surface area contributed by atoms with E-state index in [2.05, 4.69) is 17.6 Å². The standard InChI is InChI=1S/C16H29N3O3.ClH/c1-11-4-5-13(15(20)18-6-7-22-3)10-19(11)16(21)12(2)14-8-17-9-14;/h11-14,17H,4-10H2,1-3H3,(H,18,20);1H. The smallest absolute Gasteiger partial charge is 0.226 e. The summed E-state index contributed by atoms with van der Waals surface area (Å²) in [4.78, 5) is 26.8. The van der Waals surface area contributed by atoms with E-state index in [4.69, 9.17) is 4.74 Å². The number of nitrogens with one attached hydrogen (secondary N) is 2. The summed E-state index contributed by atoms with van der Waals surface area (Å²) in [6.45, 7) is 7.55. The number of rotatable bonds is 6. The molecule has 23 heavy (non-hydrogen) atoms. The lowest BCUT2D eigenvalue weighted by Crippen LogP contribution is -2.55. The number of likely N-dealkylation sites (tertiary alicyclic amines) is 1. The minimum absolute atomic E-state index is 0. The number of carbonyl (C=O) groups is 2. The van der Waals surface area contributed by atoms with Gasteiger partial charge in [-0.3, -0.25) is 9.59 Å². The number of ether oxygens (including phenoxy) is 1. The van der Waals surface area contributed by atoms with Crippen LogP contribution < -0.4 is 10.6 Å². The molecule has 0 aliphatic carbocycles. The highest BCUT2D eigenvalue weighted by molar-refractivity contribution is 5.85. The minimum Gasteiger partial charge on any atom is -0.383 e. The third-order valence-corrected chi connectivity index (χ3v) is 5.05. The quantitative estimate of drug-likeness (QED) is 0.692. The first-order valence-corrected chi connectivity index (χ1v) is 8.32. The second-order valence-electron chi connectivity index (χ2n) is 6.60. The second-order valence-corrected chi connectivity index (χ2v) is 6.60. The van der Waals surface area contributed by atoms with Crippen molar-refractivity contribution in [1.82, 2.24) is 15.5 Å². The molecule has 0 saturated carbocycles. The van der Waals surface area contributed by atoms with Crippen molar-refractivity contribution in [3.63, 3.8) is 0 Å². The monoisotopic (exact) mass is 347 g/mol. The Bertz CT molecular complexity index is 404. The first kappa shape index (κ1) is 20.2. The van der Waals surface area contributed by atoms with Gasteiger partial charge < -0.3 is 20.3 Å². The Morgan fingerprint density at radius 1 is 1.35 bits per heavy atom. The van der Waals surface area contributed by atoms with Gasteiger partial charge in [0.15, 0.2) is 0 Å². The van der Waals surface area contributed by atoms with Gasteiger partial charge in [0.05, 0.1) is 12.5 Å². The Morgan fingerprint density at radius 2 is 2.04 bits per heavy atom. The van der Waals surface area contributed by atoms with Crippen LogP contribution in [0.15, 0.2) is 0 Å². The van der Waals surface area contributed by atoms with Gasteiger partial charge >= 0.3 is 0 Å². The van der Waals surface area contributed by atoms with E-state index in [1.807, 2.05) is 11.8 Å². The zero-order valence-corrected chi connectivity index (χ0v) is 15.2. The number of methoxy groups -OCH3 is 1. The molecule has 3 unspecified atom stereocenters. The first-order valence-electron chi connectivity index (χ1n) is 8.32. The molecule has 2 aliphatic heterocycles. The molecule has 2 rings (SSSR count). The molecule has 0 aromatic rings. The normalized spacial score (nSPS) is 26.0. The molecule has 2 aliphatic rings. The van der Waals surface area contributed by atoms with E-state index in [1.54, 1.807) is 7.11 Å². The zero-order chi connectivity index (χ0) is 16.1. The van der Waals surface area contributed by atoms with E-state index in [1.165, 1.54) is 0 Å². The van der Waals surface area contributed by atoms with Crippen molar-refractivity contribution < 1.29 is 14.3 Å². The molecule has 0 bridgehead atoms. The van der Waals surface area contributed by atoms with Crippen molar-refractivity contribution in [3.8, 4) is 0 Å². The first-order chi connectivity index (χ1) is 10.5. The van der Waals surface area contributed by atoms with Crippen LogP contribution in [0.4, 0.5) is 0 Å². The molecule has 134 valence electrons. The number of hydrogen-bond donors (Lipinski definition) is 2. The lowest BCUT2D eigenvalue weighted by molar-refractivity contribution is -0.143. The Hall–Kier alpha value is -0.850. The number of amides is 2. The molecule has 2 N–H and O–H groups in total. The molecule has 0 aromatic heterocycles. The maximum Gasteiger partial charge on any atom is 0.226 e. The van der Waals surface area contributed by atoms with Crippen LogP contribution in [0.5, 0.6) is 0 Å². The zero-order valence-electron chi connectivity index (χ0n) is 14.3. The van der Waals surface area contributed by atoms with Gasteiger partial charge in [-0.2, -0.15) is 0 Å². The summed E-state index contributed by atoms with van der Waals surface area (Å²) in [6, 6.07) is 0.228. The molecule has 0 aromatic carbocycles. The van der Waals surface area contributed by atoms with Crippen molar-refractivity contribution in [2.45, 2.75) is 32.7 Å². The van der Waals surface area contributed by atoms with Crippen molar-refractivity contribution in [3.05, 3.63) is 0 Å². The predicted molar refractivity (Wildman–Crippen MR) is 91.6 cm³/mol. The van der Waals surface area contributed by atoms with Crippen molar-refractivity contribution in [2.24, 2.45) is 17.8 Å². The van der Waals surface area contributed by atoms with E-state index in [0.29, 0.717) is 25.6 Å². The van der Waals surface area contributed by atoms with Crippen LogP contribution in [0.1, 0.15) is 26.7 Å². The molecular weight excluding hydrogens is 318 g/mol. The van der Waals surface area contributed by atoms with Gasteiger partial charge in [0, 0.05) is 32.2 Å². The molecule has 6 nitrogen and oxygen atoms in total. The lowest BCUT2D eigenvalue weighted by atomic mass is 9.85. The van der Waals surface area contributed by atoms with Crippen LogP contribution >= 0.6 is 12.4 Å². The average molecular weight is 348 g/mol. The molecule has 2 heterocycles. The second kappa shape index (κ2) is 9.45. The van der Waals surface area contributed by atoms with E-state index in [9.17, 15) is 9.59 Å². The van der Waals surface area contributed by atoms with Crippen LogP contribution in [-0.4, -0.2) is 62.7 Å². The summed E-state index contributed by atoms with van der Waals surface area (Å²) in [5, 5.41) is 6.11. The summed E-state index contributed by atoms with van der Waals surface area (Å²) < 4.78 is 4.95. The van der Waals surface area contributed by atoms with Gasteiger partial charge in [-0.05, 0) is 38.8 Å². The maximum absolute atomic E-state index is 12.7. The summed E-state index contributed by atoms with van der Waals surface area (Å²) >= 11 is 0. The van der Waals surface area contributed by atoms with E-state index >= 15 is 0 Å². The van der Waals surface area contributed by atoms with E-state index in [0.717, 1.165) is 25.9 Å². The van der Waals surface area contributed by atoms with Crippen LogP contribution in [-0.2, 0) is 14.3 Å². The molecular formula is C16H30ClN3O3. The van der Waals surface area contributed by atoms with Crippen LogP contribution in [0.2, 0.25) is 0 Å². The highest BCUT2D eigenvalue weighted by atomic mass is 35.5. The van der Waals surface area contributed by atoms with E-state index in [-0.39, 0.29) is 42.1 Å². The summed E-state index contributed by atoms with van der Waals surface area (Å²) in [5.74, 6) is 0.631. The molecule has 0 spiro atoms. The fourth-order valence-corrected chi connectivity index (χ4v) is 3.18. The van der Waals surface area contributed by atoms with Gasteiger partial charge in [0.25, 0.3) is 0 Å². The number of carbonyl (C=O) groups excluding carboxylic acids is 2. The maximum atomic E-state index is 12.7. The third kappa shape index (κ3) is 5.06. The number of halogens is 1. The van der Waals surface area contributed by atoms with Crippen molar-refractivity contribution in [1.29, 1.82) is 0 Å². The number of hydrogen-bond acceptors (Lipinski definition) is 4. The van der Waals surface area contributed by atoms with Gasteiger partial charge in [-0.25, -0.2) is 0 Å². The minimum atomic E-state index is -0.0938. The Labute approximate surface area is 145 Å². The molecule has 0 radical (unpaired) electrons. The van der Waals surface area contributed by atoms with Gasteiger partial charge in [-0.15, -0.1) is 12.4 Å². The highest BCUT2D eigenvalue weighted by Crippen LogP contribution is 2.26. The van der Waals surface area contributed by atoms with Crippen molar-refractivity contribution in [2.75, 3.05) is 39.9 Å². The van der Waals surface area contributed by atoms with Crippen LogP contribution in [0, 0.1) is 17.8 Å². The van der Waals surface area contributed by atoms with Crippen LogP contribution in [0.25, 0.3) is 0 Å². The van der Waals surface area contributed by atoms with Gasteiger partial charge in [0.2, 0.25) is 11.8 Å². The van der Waals surface area contributed by atoms with Gasteiger partial charge in [0.1, 0.15) is 0 Å². The number of piperidine rings is 1. The Morgan fingerprint density at radius 3 is 2.61 bits per heavy atom. The lowest BCUT2D eigenvalue weighted by Gasteiger charge is -2.41. The van der Waals surface area contributed by atoms with Crippen LogP contribution in [0.3, 0.4) is 0 Å². The fraction of sp³-hybridized carbons (Fsp3) is 0.875. The van der Waals surface area contributed by atoms with Gasteiger partial charge in [-0.1, -0.05) is 6.92 Å². The number of nitrogens with zero attached hydrogens (tertiary/aromatic N) is 1. The summed E-state index contributed by atoms with van der Waals surface area (Å²) in [7, 11) is 1.62. The summed E-state index contributed by atoms with van der Waals surface area (Å²) in [6.07, 6.45) is 1.74. The fourth-order valence-electron chi connectivity index (χ4n) is 3.18. The molecule has 2 fully saturated rings. The Balaban J connectivity index is 0.00000264. The predicted octanol–water partition coefficient (Wildman–Crippen LogP) is 0.653. The SMILES string of the molecule is COCCNC(=O)C1CCC(C)N(C(=O)C(C)C2CNC2)C1.Cl. The average Bonchev–Trinajstić information content (AvgIpc) is 2.45. The van der Waals surface area contributed by atoms with Crippen molar-refractivity contribution >= 4 is 24.2 Å². The largest absolute Gasteiger partial charge is 0.383 e. The third-order valence-electron chi connectivity index (χ3n) is 5.05. The Kier molecular flexibility index (Phi) is 8.29. The van der Waals surface area contributed by atoms with E-state index < -0.39 is 0 Å². The topological polar surface area (TPSA) is 70.7 Å². The highest BCUT2D eigenvalue weighted by Gasteiger charge is 2.37. The summed E-state index contributed by atoms with van der Waals surface area (Å²) in [5.41, 5.74) is 0. The molecule has 2 saturated heterocycles.